The number of hydrogen-bond donors (Lipinski definition) is 2. The first-order chi connectivity index (χ1) is 15.4. The Hall–Kier alpha value is -2.12. The number of nitrogens with zero attached hydrogens (tertiary/aromatic N) is 1. The molecule has 1 aliphatic rings. The molecule has 2 aromatic carbocycles. The highest BCUT2D eigenvalue weighted by Gasteiger charge is 2.28. The number of hydrogen-bond acceptors (Lipinski definition) is 4. The zero-order valence-corrected chi connectivity index (χ0v) is 19.8. The predicted octanol–water partition coefficient (Wildman–Crippen LogP) is 3.94. The molecule has 0 bridgehead atoms. The smallest absolute Gasteiger partial charge is 0.251 e. The maximum Gasteiger partial charge on any atom is 0.251 e. The standard InChI is InChI=1S/C24H29Cl2N3O3/c1-16(2)22(28-23(30)17-7-9-18(25)10-8-17)24(31)27-15-21(29-11-13-32-14-12-29)19-5-3-4-6-20(19)26/h3-10,16,21-22H,11-15H2,1-2H3,(H,27,31)(H,28,30). The zero-order valence-electron chi connectivity index (χ0n) is 18.3. The average Bonchev–Trinajstić information content (AvgIpc) is 2.79. The second-order valence-electron chi connectivity index (χ2n) is 8.13. The molecule has 2 N–H and O–H groups in total. The van der Waals surface area contributed by atoms with E-state index in [0.717, 1.165) is 18.7 Å². The Balaban J connectivity index is 1.70. The van der Waals surface area contributed by atoms with Crippen LogP contribution in [0.4, 0.5) is 0 Å². The van der Waals surface area contributed by atoms with Crippen LogP contribution in [0.3, 0.4) is 0 Å². The summed E-state index contributed by atoms with van der Waals surface area (Å²) in [6.07, 6.45) is 0. The molecule has 2 aromatic rings. The number of nitrogens with one attached hydrogen (secondary N) is 2. The van der Waals surface area contributed by atoms with Crippen LogP contribution in [0.15, 0.2) is 48.5 Å². The van der Waals surface area contributed by atoms with Crippen molar-refractivity contribution in [1.82, 2.24) is 15.5 Å². The summed E-state index contributed by atoms with van der Waals surface area (Å²) in [6, 6.07) is 13.5. The summed E-state index contributed by atoms with van der Waals surface area (Å²) in [5, 5.41) is 7.10. The Morgan fingerprint density at radius 1 is 1.03 bits per heavy atom. The zero-order chi connectivity index (χ0) is 23.1. The van der Waals surface area contributed by atoms with Gasteiger partial charge in [-0.1, -0.05) is 55.2 Å². The molecule has 32 heavy (non-hydrogen) atoms. The van der Waals surface area contributed by atoms with Gasteiger partial charge in [0, 0.05) is 35.2 Å². The van der Waals surface area contributed by atoms with Crippen LogP contribution in [-0.4, -0.2) is 55.6 Å². The second-order valence-corrected chi connectivity index (χ2v) is 8.98. The van der Waals surface area contributed by atoms with Gasteiger partial charge < -0.3 is 15.4 Å². The molecule has 2 atom stereocenters. The molecule has 1 fully saturated rings. The van der Waals surface area contributed by atoms with E-state index in [-0.39, 0.29) is 23.8 Å². The van der Waals surface area contributed by atoms with Gasteiger partial charge in [-0.2, -0.15) is 0 Å². The molecule has 2 unspecified atom stereocenters. The first-order valence-electron chi connectivity index (χ1n) is 10.8. The minimum absolute atomic E-state index is 0.0867. The summed E-state index contributed by atoms with van der Waals surface area (Å²) in [7, 11) is 0. The van der Waals surface area contributed by atoms with Crippen LogP contribution >= 0.6 is 23.2 Å². The Morgan fingerprint density at radius 2 is 1.69 bits per heavy atom. The molecule has 2 amide bonds. The molecule has 0 saturated carbocycles. The SMILES string of the molecule is CC(C)C(NC(=O)c1ccc(Cl)cc1)C(=O)NCC(c1ccccc1Cl)N1CCOCC1. The molecule has 172 valence electrons. The summed E-state index contributed by atoms with van der Waals surface area (Å²) in [5.74, 6) is -0.632. The molecule has 0 aromatic heterocycles. The van der Waals surface area contributed by atoms with Gasteiger partial charge in [-0.3, -0.25) is 14.5 Å². The van der Waals surface area contributed by atoms with E-state index in [4.69, 9.17) is 27.9 Å². The van der Waals surface area contributed by atoms with Gasteiger partial charge in [0.2, 0.25) is 5.91 Å². The fourth-order valence-corrected chi connectivity index (χ4v) is 4.13. The molecule has 1 aliphatic heterocycles. The van der Waals surface area contributed by atoms with E-state index in [1.807, 2.05) is 38.1 Å². The lowest BCUT2D eigenvalue weighted by Gasteiger charge is -2.35. The van der Waals surface area contributed by atoms with E-state index in [1.54, 1.807) is 24.3 Å². The molecule has 6 nitrogen and oxygen atoms in total. The average molecular weight is 478 g/mol. The van der Waals surface area contributed by atoms with E-state index in [0.29, 0.717) is 35.4 Å². The molecule has 1 heterocycles. The highest BCUT2D eigenvalue weighted by atomic mass is 35.5. The van der Waals surface area contributed by atoms with Crippen LogP contribution in [0.25, 0.3) is 0 Å². The van der Waals surface area contributed by atoms with Crippen LogP contribution in [0.5, 0.6) is 0 Å². The van der Waals surface area contributed by atoms with Crippen molar-refractivity contribution in [3.63, 3.8) is 0 Å². The van der Waals surface area contributed by atoms with Crippen molar-refractivity contribution < 1.29 is 14.3 Å². The molecular weight excluding hydrogens is 449 g/mol. The van der Waals surface area contributed by atoms with Crippen molar-refractivity contribution in [1.29, 1.82) is 0 Å². The largest absolute Gasteiger partial charge is 0.379 e. The predicted molar refractivity (Wildman–Crippen MR) is 127 cm³/mol. The maximum atomic E-state index is 13.1. The van der Waals surface area contributed by atoms with Crippen molar-refractivity contribution in [2.24, 2.45) is 5.92 Å². The maximum absolute atomic E-state index is 13.1. The molecule has 8 heteroatoms. The van der Waals surface area contributed by atoms with Crippen LogP contribution in [0.2, 0.25) is 10.0 Å². The van der Waals surface area contributed by atoms with E-state index in [9.17, 15) is 9.59 Å². The number of amides is 2. The highest BCUT2D eigenvalue weighted by molar-refractivity contribution is 6.31. The lowest BCUT2D eigenvalue weighted by Crippen LogP contribution is -2.52. The van der Waals surface area contributed by atoms with Crippen LogP contribution in [0.1, 0.15) is 35.8 Å². The van der Waals surface area contributed by atoms with E-state index in [2.05, 4.69) is 15.5 Å². The number of morpholine rings is 1. The fourth-order valence-electron chi connectivity index (χ4n) is 3.74. The van der Waals surface area contributed by atoms with Gasteiger partial charge in [0.05, 0.1) is 19.3 Å². The Bertz CT molecular complexity index is 915. The summed E-state index contributed by atoms with van der Waals surface area (Å²) in [4.78, 5) is 28.0. The Kier molecular flexibility index (Phi) is 8.93. The normalized spacial score (nSPS) is 16.4. The Morgan fingerprint density at radius 3 is 2.31 bits per heavy atom. The van der Waals surface area contributed by atoms with Gasteiger partial charge >= 0.3 is 0 Å². The number of ether oxygens (including phenoxy) is 1. The number of carbonyl (C=O) groups is 2. The lowest BCUT2D eigenvalue weighted by atomic mass is 10.0. The van der Waals surface area contributed by atoms with E-state index >= 15 is 0 Å². The minimum atomic E-state index is -0.672. The van der Waals surface area contributed by atoms with Gasteiger partial charge in [-0.15, -0.1) is 0 Å². The summed E-state index contributed by atoms with van der Waals surface area (Å²) < 4.78 is 5.49. The summed E-state index contributed by atoms with van der Waals surface area (Å²) in [6.45, 7) is 6.98. The first-order valence-corrected chi connectivity index (χ1v) is 11.5. The van der Waals surface area contributed by atoms with Gasteiger partial charge in [0.15, 0.2) is 0 Å². The third kappa shape index (κ3) is 6.45. The van der Waals surface area contributed by atoms with E-state index < -0.39 is 6.04 Å². The number of rotatable bonds is 8. The monoisotopic (exact) mass is 477 g/mol. The number of carbonyl (C=O) groups excluding carboxylic acids is 2. The topological polar surface area (TPSA) is 70.7 Å². The van der Waals surface area contributed by atoms with Crippen LogP contribution < -0.4 is 10.6 Å². The summed E-state index contributed by atoms with van der Waals surface area (Å²) in [5.41, 5.74) is 1.41. The van der Waals surface area contributed by atoms with Crippen molar-refractivity contribution in [3.05, 3.63) is 69.7 Å². The lowest BCUT2D eigenvalue weighted by molar-refractivity contribution is -0.124. The molecule has 1 saturated heterocycles. The van der Waals surface area contributed by atoms with Gasteiger partial charge in [0.25, 0.3) is 5.91 Å². The summed E-state index contributed by atoms with van der Waals surface area (Å²) >= 11 is 12.4. The quantitative estimate of drug-likeness (QED) is 0.603. The first kappa shape index (κ1) is 24.5. The minimum Gasteiger partial charge on any atom is -0.379 e. The highest BCUT2D eigenvalue weighted by Crippen LogP contribution is 2.28. The van der Waals surface area contributed by atoms with Crippen molar-refractivity contribution in [2.75, 3.05) is 32.8 Å². The van der Waals surface area contributed by atoms with E-state index in [1.165, 1.54) is 0 Å². The molecular formula is C24H29Cl2N3O3. The van der Waals surface area contributed by atoms with Gasteiger partial charge in [-0.25, -0.2) is 0 Å². The van der Waals surface area contributed by atoms with Crippen LogP contribution in [-0.2, 0) is 9.53 Å². The molecule has 0 spiro atoms. The molecule has 0 radical (unpaired) electrons. The third-order valence-electron chi connectivity index (χ3n) is 5.56. The molecule has 3 rings (SSSR count). The van der Waals surface area contributed by atoms with Gasteiger partial charge in [0.1, 0.15) is 6.04 Å². The fraction of sp³-hybridized carbons (Fsp3) is 0.417. The molecule has 0 aliphatic carbocycles. The number of halogens is 2. The van der Waals surface area contributed by atoms with Crippen molar-refractivity contribution >= 4 is 35.0 Å². The van der Waals surface area contributed by atoms with Crippen molar-refractivity contribution in [2.45, 2.75) is 25.9 Å². The van der Waals surface area contributed by atoms with Gasteiger partial charge in [-0.05, 0) is 41.8 Å². The van der Waals surface area contributed by atoms with Crippen LogP contribution in [0, 0.1) is 5.92 Å². The number of benzene rings is 2. The second kappa shape index (κ2) is 11.7. The van der Waals surface area contributed by atoms with Crippen molar-refractivity contribution in [3.8, 4) is 0 Å². The Labute approximate surface area is 199 Å². The third-order valence-corrected chi connectivity index (χ3v) is 6.16.